The van der Waals surface area contributed by atoms with Crippen LogP contribution in [-0.4, -0.2) is 55.3 Å². The Bertz CT molecular complexity index is 1570. The van der Waals surface area contributed by atoms with E-state index in [0.717, 1.165) is 83.7 Å². The molecule has 0 spiro atoms. The van der Waals surface area contributed by atoms with E-state index in [-0.39, 0.29) is 18.0 Å². The van der Waals surface area contributed by atoms with Crippen LogP contribution in [0.4, 0.5) is 0 Å². The number of nitrogens with zero attached hydrogens (tertiary/aromatic N) is 5. The van der Waals surface area contributed by atoms with Crippen LogP contribution < -0.4 is 5.73 Å². The van der Waals surface area contributed by atoms with Crippen molar-refractivity contribution in [1.29, 1.82) is 0 Å². The zero-order chi connectivity index (χ0) is 33.4. The Morgan fingerprint density at radius 1 is 1.00 bits per heavy atom. The lowest BCUT2D eigenvalue weighted by Gasteiger charge is -2.23. The van der Waals surface area contributed by atoms with Crippen LogP contribution in [0, 0.1) is 18.8 Å². The van der Waals surface area contributed by atoms with Crippen molar-refractivity contribution >= 4 is 34.8 Å². The van der Waals surface area contributed by atoms with Crippen LogP contribution in [0.3, 0.4) is 0 Å². The molecule has 1 aromatic carbocycles. The van der Waals surface area contributed by atoms with E-state index in [9.17, 15) is 4.79 Å². The number of carbonyl (C=O) groups excluding carboxylic acids is 2. The summed E-state index contributed by atoms with van der Waals surface area (Å²) in [5.74, 6) is 2.10. The number of likely N-dealkylation sites (tertiary alicyclic amines) is 1. The number of benzene rings is 1. The molecule has 2 aliphatic rings. The number of amides is 1. The molecule has 3 unspecified atom stereocenters. The van der Waals surface area contributed by atoms with Gasteiger partial charge in [-0.15, -0.1) is 0 Å². The summed E-state index contributed by atoms with van der Waals surface area (Å²) in [7, 11) is 0. The van der Waals surface area contributed by atoms with Crippen LogP contribution in [0.1, 0.15) is 103 Å². The molecular weight excluding hydrogens is 560 g/mol. The van der Waals surface area contributed by atoms with Gasteiger partial charge in [-0.2, -0.15) is 0 Å². The molecule has 8 nitrogen and oxygen atoms in total. The number of pyridine rings is 1. The van der Waals surface area contributed by atoms with Crippen molar-refractivity contribution in [1.82, 2.24) is 24.0 Å². The van der Waals surface area contributed by atoms with Crippen LogP contribution >= 0.6 is 0 Å². The summed E-state index contributed by atoms with van der Waals surface area (Å²) in [6.07, 6.45) is 5.38. The topological polar surface area (TPSA) is 99.0 Å². The zero-order valence-electron chi connectivity index (χ0n) is 29.2. The molecule has 0 bridgehead atoms. The van der Waals surface area contributed by atoms with Gasteiger partial charge in [0.2, 0.25) is 0 Å². The van der Waals surface area contributed by atoms with E-state index < -0.39 is 0 Å². The molecule has 3 aromatic heterocycles. The second-order valence-corrected chi connectivity index (χ2v) is 11.8. The Morgan fingerprint density at radius 3 is 2.27 bits per heavy atom. The number of hydrogen-bond donors (Lipinski definition) is 1. The number of fused-ring (bicyclic) bond motifs is 2. The van der Waals surface area contributed by atoms with E-state index in [1.54, 1.807) is 0 Å². The zero-order valence-corrected chi connectivity index (χ0v) is 29.2. The fourth-order valence-electron chi connectivity index (χ4n) is 6.51. The van der Waals surface area contributed by atoms with Gasteiger partial charge in [0.1, 0.15) is 12.4 Å². The Balaban J connectivity index is 0.000000870. The number of rotatable bonds is 8. The Kier molecular flexibility index (Phi) is 12.9. The van der Waals surface area contributed by atoms with E-state index in [1.807, 2.05) is 45.5 Å². The van der Waals surface area contributed by atoms with Crippen molar-refractivity contribution in [2.45, 2.75) is 120 Å². The van der Waals surface area contributed by atoms with Gasteiger partial charge in [0.15, 0.2) is 5.82 Å². The normalized spacial score (nSPS) is 19.0. The fraction of sp³-hybridized carbons (Fsp3) is 0.568. The summed E-state index contributed by atoms with van der Waals surface area (Å²) in [6, 6.07) is 10.7. The van der Waals surface area contributed by atoms with Crippen LogP contribution in [0.2, 0.25) is 0 Å². The lowest BCUT2D eigenvalue weighted by Crippen LogP contribution is -2.41. The first-order chi connectivity index (χ1) is 21.8. The van der Waals surface area contributed by atoms with E-state index in [0.29, 0.717) is 11.8 Å². The smallest absolute Gasteiger partial charge is 0.254 e. The molecule has 6 rings (SSSR count). The number of aromatic nitrogens is 4. The minimum atomic E-state index is 0.0225. The highest BCUT2D eigenvalue weighted by atomic mass is 16.2. The molecule has 2 N–H and O–H groups in total. The lowest BCUT2D eigenvalue weighted by atomic mass is 9.98. The monoisotopic (exact) mass is 616 g/mol. The highest BCUT2D eigenvalue weighted by molar-refractivity contribution is 5.99. The average molecular weight is 617 g/mol. The Morgan fingerprint density at radius 2 is 1.69 bits per heavy atom. The van der Waals surface area contributed by atoms with E-state index in [2.05, 4.69) is 68.0 Å². The number of carbonyl (C=O) groups is 2. The minimum Gasteiger partial charge on any atom is -0.334 e. The van der Waals surface area contributed by atoms with Crippen LogP contribution in [0.25, 0.3) is 33.6 Å². The Labute approximate surface area is 270 Å². The molecule has 3 atom stereocenters. The summed E-state index contributed by atoms with van der Waals surface area (Å²) in [5, 5.41) is 1.16. The highest BCUT2D eigenvalue weighted by Gasteiger charge is 2.39. The van der Waals surface area contributed by atoms with Gasteiger partial charge in [-0.1, -0.05) is 54.9 Å². The molecule has 1 saturated carbocycles. The molecule has 2 fully saturated rings. The van der Waals surface area contributed by atoms with E-state index in [1.165, 1.54) is 18.4 Å². The summed E-state index contributed by atoms with van der Waals surface area (Å²) < 4.78 is 4.78. The summed E-state index contributed by atoms with van der Waals surface area (Å²) in [5.41, 5.74) is 13.6. The molecular formula is C37H56N6O2. The largest absolute Gasteiger partial charge is 0.334 e. The second kappa shape index (κ2) is 16.2. The number of nitrogens with two attached hydrogens (primary N) is 1. The number of hydrogen-bond acceptors (Lipinski definition) is 5. The van der Waals surface area contributed by atoms with Gasteiger partial charge in [0.05, 0.1) is 16.7 Å². The Hall–Kier alpha value is -3.52. The van der Waals surface area contributed by atoms with Gasteiger partial charge in [-0.3, -0.25) is 4.79 Å². The van der Waals surface area contributed by atoms with Gasteiger partial charge in [0, 0.05) is 48.4 Å². The highest BCUT2D eigenvalue weighted by Crippen LogP contribution is 2.37. The van der Waals surface area contributed by atoms with Crippen molar-refractivity contribution in [3.05, 3.63) is 47.2 Å². The van der Waals surface area contributed by atoms with E-state index in [4.69, 9.17) is 20.5 Å². The maximum atomic E-state index is 13.8. The molecule has 1 amide bonds. The third-order valence-corrected chi connectivity index (χ3v) is 9.06. The minimum absolute atomic E-state index is 0.0225. The van der Waals surface area contributed by atoms with Crippen molar-refractivity contribution in [2.24, 2.45) is 17.6 Å². The van der Waals surface area contributed by atoms with Crippen molar-refractivity contribution in [3.8, 4) is 11.5 Å². The third-order valence-electron chi connectivity index (χ3n) is 9.06. The van der Waals surface area contributed by atoms with Crippen LogP contribution in [0.5, 0.6) is 0 Å². The molecule has 4 aromatic rings. The third kappa shape index (κ3) is 7.16. The average Bonchev–Trinajstić information content (AvgIpc) is 3.65. The van der Waals surface area contributed by atoms with Gasteiger partial charge < -0.3 is 24.6 Å². The van der Waals surface area contributed by atoms with Gasteiger partial charge in [-0.25, -0.2) is 9.97 Å². The van der Waals surface area contributed by atoms with Gasteiger partial charge in [-0.05, 0) is 87.3 Å². The number of imidazole rings is 1. The molecule has 246 valence electrons. The maximum Gasteiger partial charge on any atom is 0.254 e. The van der Waals surface area contributed by atoms with Gasteiger partial charge in [0.25, 0.3) is 5.91 Å². The molecule has 0 radical (unpaired) electrons. The fourth-order valence-corrected chi connectivity index (χ4v) is 6.51. The van der Waals surface area contributed by atoms with Crippen molar-refractivity contribution in [2.75, 3.05) is 6.54 Å². The van der Waals surface area contributed by atoms with Gasteiger partial charge >= 0.3 is 0 Å². The molecule has 1 aliphatic carbocycles. The molecule has 4 heterocycles. The first-order valence-electron chi connectivity index (χ1n) is 17.2. The lowest BCUT2D eigenvalue weighted by molar-refractivity contribution is -0.0980. The maximum absolute atomic E-state index is 13.8. The number of aryl methyl sites for hydroxylation is 3. The SMILES string of the molecule is C=O.CC.CC.CCCn1c(-c2cc3ccc(C)nc3n2CC2CC2)nc2cc(C(=O)N3CC(CC)C(N)C3C)cc(CC)c21. The quantitative estimate of drug-likeness (QED) is 0.218. The standard InChI is InChI=1S/C32H42N6O.2C2H6.CH2O/c1-6-13-36-29-22(7-2)14-25(32(39)37-18-23(8-3)28(33)20(37)5)15-26(29)35-31(36)27-16-24-12-9-19(4)34-30(24)38(27)17-21-10-11-21;3*1-2/h9,12,14-16,20-21,23,28H,6-8,10-11,13,17-18,33H2,1-5H3;2*1-2H3;1H2. The first-order valence-corrected chi connectivity index (χ1v) is 17.2. The molecule has 1 saturated heterocycles. The predicted molar refractivity (Wildman–Crippen MR) is 188 cm³/mol. The second-order valence-electron chi connectivity index (χ2n) is 11.8. The molecule has 45 heavy (non-hydrogen) atoms. The summed E-state index contributed by atoms with van der Waals surface area (Å²) in [4.78, 5) is 34.0. The summed E-state index contributed by atoms with van der Waals surface area (Å²) >= 11 is 0. The predicted octanol–water partition coefficient (Wildman–Crippen LogP) is 7.81. The van der Waals surface area contributed by atoms with Crippen LogP contribution in [-0.2, 0) is 24.3 Å². The van der Waals surface area contributed by atoms with Crippen molar-refractivity contribution < 1.29 is 9.59 Å². The van der Waals surface area contributed by atoms with Crippen molar-refractivity contribution in [3.63, 3.8) is 0 Å². The molecule has 1 aliphatic heterocycles. The first kappa shape index (κ1) is 36.0. The summed E-state index contributed by atoms with van der Waals surface area (Å²) in [6.45, 7) is 23.3. The van der Waals surface area contributed by atoms with E-state index >= 15 is 0 Å². The molecule has 8 heteroatoms. The van der Waals surface area contributed by atoms with Crippen LogP contribution in [0.15, 0.2) is 30.3 Å².